The van der Waals surface area contributed by atoms with Crippen LogP contribution < -0.4 is 22.1 Å². The van der Waals surface area contributed by atoms with Crippen molar-refractivity contribution in [1.29, 1.82) is 0 Å². The van der Waals surface area contributed by atoms with E-state index >= 15 is 0 Å². The maximum Gasteiger partial charge on any atom is 0.323 e. The molecule has 4 rings (SSSR count). The Morgan fingerprint density at radius 2 is 1.90 bits per heavy atom. The molecule has 2 amide bonds. The molecule has 152 valence electrons. The monoisotopic (exact) mass is 406 g/mol. The molecule has 8 N–H and O–H groups in total. The van der Waals surface area contributed by atoms with Gasteiger partial charge in [-0.3, -0.25) is 5.10 Å². The topological polar surface area (TPSA) is 142 Å². The van der Waals surface area contributed by atoms with Gasteiger partial charge in [-0.2, -0.15) is 5.10 Å². The number of halogens is 1. The minimum atomic E-state index is -0.702. The van der Waals surface area contributed by atoms with Gasteiger partial charge in [0, 0.05) is 6.54 Å². The number of aromatic nitrogens is 2. The van der Waals surface area contributed by atoms with Gasteiger partial charge in [-0.05, 0) is 47.0 Å². The molecule has 1 aromatic heterocycles. The first-order valence-electron chi connectivity index (χ1n) is 9.08. The van der Waals surface area contributed by atoms with Gasteiger partial charge in [0.2, 0.25) is 0 Å². The van der Waals surface area contributed by atoms with Crippen molar-refractivity contribution in [1.82, 2.24) is 10.2 Å². The second-order valence-corrected chi connectivity index (χ2v) is 6.67. The molecule has 8 nitrogen and oxygen atoms in total. The van der Waals surface area contributed by atoms with Gasteiger partial charge in [0.1, 0.15) is 11.6 Å². The summed E-state index contributed by atoms with van der Waals surface area (Å²) < 4.78 is 13.9. The number of H-pyrrole nitrogens is 1. The summed E-state index contributed by atoms with van der Waals surface area (Å²) in [5.41, 5.74) is 14.6. The Labute approximate surface area is 170 Å². The highest BCUT2D eigenvalue weighted by Gasteiger charge is 2.13. The lowest BCUT2D eigenvalue weighted by Gasteiger charge is -2.12. The predicted octanol–water partition coefficient (Wildman–Crippen LogP) is 3.76. The summed E-state index contributed by atoms with van der Waals surface area (Å²) in [6, 6.07) is 13.8. The zero-order valence-corrected chi connectivity index (χ0v) is 15.7. The summed E-state index contributed by atoms with van der Waals surface area (Å²) in [7, 11) is 0. The molecule has 0 aliphatic carbocycles. The number of hydrogen-bond acceptors (Lipinski definition) is 5. The Hall–Kier alpha value is -4.11. The minimum absolute atomic E-state index is 0.00586. The molecule has 4 aromatic rings. The first-order valence-corrected chi connectivity index (χ1v) is 9.08. The lowest BCUT2D eigenvalue weighted by Crippen LogP contribution is -2.20. The molecule has 0 atom stereocenters. The fourth-order valence-corrected chi connectivity index (χ4v) is 3.21. The number of aromatic hydroxyl groups is 1. The second kappa shape index (κ2) is 7.72. The number of fused-ring (bicyclic) bond motifs is 1. The van der Waals surface area contributed by atoms with Crippen molar-refractivity contribution in [2.45, 2.75) is 6.54 Å². The number of benzene rings is 3. The van der Waals surface area contributed by atoms with E-state index in [1.807, 2.05) is 18.2 Å². The quantitative estimate of drug-likeness (QED) is 0.286. The summed E-state index contributed by atoms with van der Waals surface area (Å²) in [4.78, 5) is 12.3. The van der Waals surface area contributed by atoms with Crippen molar-refractivity contribution < 1.29 is 14.3 Å². The van der Waals surface area contributed by atoms with Crippen LogP contribution in [0, 0.1) is 5.82 Å². The summed E-state index contributed by atoms with van der Waals surface area (Å²) in [5.74, 6) is -0.394. The third-order valence-electron chi connectivity index (χ3n) is 4.69. The third kappa shape index (κ3) is 3.61. The molecule has 0 saturated heterocycles. The molecular weight excluding hydrogens is 387 g/mol. The van der Waals surface area contributed by atoms with Gasteiger partial charge < -0.3 is 27.2 Å². The average molecular weight is 406 g/mol. The van der Waals surface area contributed by atoms with E-state index in [1.165, 1.54) is 24.3 Å². The Balaban J connectivity index is 1.57. The summed E-state index contributed by atoms with van der Waals surface area (Å²) in [6.07, 6.45) is 0. The van der Waals surface area contributed by atoms with Gasteiger partial charge in [-0.15, -0.1) is 0 Å². The van der Waals surface area contributed by atoms with E-state index in [-0.39, 0.29) is 23.7 Å². The zero-order chi connectivity index (χ0) is 21.3. The maximum atomic E-state index is 13.9. The number of anilines is 3. The number of nitrogens with two attached hydrogens (primary N) is 2. The second-order valence-electron chi connectivity index (χ2n) is 6.67. The van der Waals surface area contributed by atoms with Gasteiger partial charge in [0.05, 0.1) is 22.3 Å². The van der Waals surface area contributed by atoms with E-state index < -0.39 is 11.8 Å². The number of phenols is 1. The van der Waals surface area contributed by atoms with E-state index in [0.717, 1.165) is 16.5 Å². The highest BCUT2D eigenvalue weighted by Crippen LogP contribution is 2.35. The molecule has 0 spiro atoms. The molecule has 9 heteroatoms. The highest BCUT2D eigenvalue weighted by atomic mass is 19.1. The van der Waals surface area contributed by atoms with Crippen LogP contribution in [0.2, 0.25) is 0 Å². The largest absolute Gasteiger partial charge is 0.506 e. The fraction of sp³-hybridized carbons (Fsp3) is 0.0476. The lowest BCUT2D eigenvalue weighted by atomic mass is 10.0. The van der Waals surface area contributed by atoms with Crippen LogP contribution >= 0.6 is 0 Å². The number of urea groups is 1. The van der Waals surface area contributed by atoms with E-state index in [0.29, 0.717) is 16.9 Å². The van der Waals surface area contributed by atoms with Crippen molar-refractivity contribution in [3.63, 3.8) is 0 Å². The Morgan fingerprint density at radius 1 is 1.10 bits per heavy atom. The van der Waals surface area contributed by atoms with E-state index in [9.17, 15) is 14.3 Å². The van der Waals surface area contributed by atoms with Crippen LogP contribution in [0.15, 0.2) is 54.6 Å². The number of rotatable bonds is 4. The number of amides is 2. The van der Waals surface area contributed by atoms with E-state index in [4.69, 9.17) is 11.5 Å². The number of carbonyl (C=O) groups is 1. The van der Waals surface area contributed by atoms with Crippen molar-refractivity contribution in [2.75, 3.05) is 16.4 Å². The molecule has 0 bridgehead atoms. The van der Waals surface area contributed by atoms with Crippen LogP contribution in [-0.4, -0.2) is 21.3 Å². The molecule has 0 unspecified atom stereocenters. The zero-order valence-electron chi connectivity index (χ0n) is 15.7. The molecule has 0 fully saturated rings. The molecule has 0 radical (unpaired) electrons. The number of nitrogen functional groups attached to an aromatic ring is 1. The summed E-state index contributed by atoms with van der Waals surface area (Å²) >= 11 is 0. The molecular formula is C21H19FN6O2. The molecule has 3 aromatic carbocycles. The van der Waals surface area contributed by atoms with Crippen LogP contribution in [0.3, 0.4) is 0 Å². The standard InChI is InChI=1S/C21H19FN6O2/c22-14-6-4-11(10-23)8-17(14)26-21(30)25-15-7-5-12(9-18(15)29)13-2-1-3-16-19(13)20(24)28-27-16/h1-9,29H,10,23H2,(H3,24,27,28)(H2,25,26,30). The van der Waals surface area contributed by atoms with Crippen LogP contribution in [0.1, 0.15) is 5.56 Å². The van der Waals surface area contributed by atoms with Gasteiger partial charge >= 0.3 is 6.03 Å². The number of hydrogen-bond donors (Lipinski definition) is 6. The van der Waals surface area contributed by atoms with Crippen LogP contribution in [-0.2, 0) is 6.54 Å². The van der Waals surface area contributed by atoms with Gasteiger partial charge in [0.15, 0.2) is 5.82 Å². The Bertz CT molecular complexity index is 1250. The predicted molar refractivity (Wildman–Crippen MR) is 115 cm³/mol. The minimum Gasteiger partial charge on any atom is -0.506 e. The summed E-state index contributed by atoms with van der Waals surface area (Å²) in [5, 5.41) is 22.9. The maximum absolute atomic E-state index is 13.9. The normalized spacial score (nSPS) is 10.9. The molecule has 0 saturated carbocycles. The number of phenolic OH excluding ortho intramolecular Hbond substituents is 1. The van der Waals surface area contributed by atoms with Crippen LogP contribution in [0.5, 0.6) is 5.75 Å². The number of nitrogens with zero attached hydrogens (tertiary/aromatic N) is 1. The number of carbonyl (C=O) groups excluding carboxylic acids is 1. The van der Waals surface area contributed by atoms with Gasteiger partial charge in [0.25, 0.3) is 0 Å². The van der Waals surface area contributed by atoms with E-state index in [2.05, 4.69) is 20.8 Å². The first-order chi connectivity index (χ1) is 14.5. The fourth-order valence-electron chi connectivity index (χ4n) is 3.21. The first kappa shape index (κ1) is 19.2. The third-order valence-corrected chi connectivity index (χ3v) is 4.69. The van der Waals surface area contributed by atoms with Crippen LogP contribution in [0.25, 0.3) is 22.0 Å². The molecule has 0 aliphatic rings. The SMILES string of the molecule is NCc1ccc(F)c(NC(=O)Nc2ccc(-c3cccc4[nH]nc(N)c34)cc2O)c1. The smallest absolute Gasteiger partial charge is 0.323 e. The number of nitrogens with one attached hydrogen (secondary N) is 3. The van der Waals surface area contributed by atoms with Crippen LogP contribution in [0.4, 0.5) is 26.4 Å². The molecule has 0 aliphatic heterocycles. The lowest BCUT2D eigenvalue weighted by molar-refractivity contribution is 0.262. The van der Waals surface area contributed by atoms with Crippen molar-refractivity contribution >= 4 is 34.1 Å². The Morgan fingerprint density at radius 3 is 2.67 bits per heavy atom. The summed E-state index contributed by atoms with van der Waals surface area (Å²) in [6.45, 7) is 0.215. The molecule has 30 heavy (non-hydrogen) atoms. The van der Waals surface area contributed by atoms with Crippen molar-refractivity contribution in [3.8, 4) is 16.9 Å². The number of aromatic amines is 1. The average Bonchev–Trinajstić information content (AvgIpc) is 3.12. The Kier molecular flexibility index (Phi) is 4.95. The van der Waals surface area contributed by atoms with Crippen molar-refractivity contribution in [2.24, 2.45) is 5.73 Å². The highest BCUT2D eigenvalue weighted by molar-refractivity contribution is 6.03. The van der Waals surface area contributed by atoms with Gasteiger partial charge in [-0.25, -0.2) is 9.18 Å². The van der Waals surface area contributed by atoms with Gasteiger partial charge in [-0.1, -0.05) is 24.3 Å². The van der Waals surface area contributed by atoms with E-state index in [1.54, 1.807) is 12.1 Å². The molecule has 1 heterocycles. The van der Waals surface area contributed by atoms with Crippen molar-refractivity contribution in [3.05, 3.63) is 66.0 Å².